The molecule has 5 nitrogen and oxygen atoms in total. The van der Waals surface area contributed by atoms with Gasteiger partial charge in [0.25, 0.3) is 0 Å². The van der Waals surface area contributed by atoms with E-state index in [0.29, 0.717) is 18.6 Å². The lowest BCUT2D eigenvalue weighted by molar-refractivity contribution is -0.195. The van der Waals surface area contributed by atoms with Crippen LogP contribution in [-0.4, -0.2) is 35.2 Å². The second-order valence-electron chi connectivity index (χ2n) is 4.69. The minimum absolute atomic E-state index is 0.0301. The first-order valence-electron chi connectivity index (χ1n) is 6.48. The normalized spacial score (nSPS) is 23.9. The Hall–Kier alpha value is -1.85. The number of hydrogen-bond donors (Lipinski definition) is 2. The van der Waals surface area contributed by atoms with E-state index >= 15 is 0 Å². The van der Waals surface area contributed by atoms with Crippen molar-refractivity contribution < 1.29 is 24.5 Å². The average molecular weight is 278 g/mol. The van der Waals surface area contributed by atoms with E-state index in [-0.39, 0.29) is 12.5 Å². The Bertz CT molecular complexity index is 499. The molecule has 0 saturated carbocycles. The Morgan fingerprint density at radius 3 is 2.90 bits per heavy atom. The number of carboxylic acids is 1. The highest BCUT2D eigenvalue weighted by molar-refractivity contribution is 5.68. The SMILES string of the molecule is C=CCC1(OCC(=O)O)Oc2ccccc2C1CCO. The lowest BCUT2D eigenvalue weighted by atomic mass is 9.88. The number of fused-ring (bicyclic) bond motifs is 1. The molecule has 0 bridgehead atoms. The maximum atomic E-state index is 10.8. The van der Waals surface area contributed by atoms with E-state index in [1.54, 1.807) is 6.08 Å². The van der Waals surface area contributed by atoms with Gasteiger partial charge in [-0.1, -0.05) is 24.3 Å². The Labute approximate surface area is 117 Å². The number of hydrogen-bond acceptors (Lipinski definition) is 4. The fourth-order valence-electron chi connectivity index (χ4n) is 2.62. The van der Waals surface area contributed by atoms with Crippen LogP contribution in [0.25, 0.3) is 0 Å². The highest BCUT2D eigenvalue weighted by Gasteiger charge is 2.48. The maximum Gasteiger partial charge on any atom is 0.329 e. The third-order valence-electron chi connectivity index (χ3n) is 3.39. The van der Waals surface area contributed by atoms with Crippen LogP contribution >= 0.6 is 0 Å². The number of benzene rings is 1. The molecule has 2 rings (SSSR count). The fourth-order valence-corrected chi connectivity index (χ4v) is 2.62. The summed E-state index contributed by atoms with van der Waals surface area (Å²) < 4.78 is 11.4. The molecule has 0 spiro atoms. The summed E-state index contributed by atoms with van der Waals surface area (Å²) >= 11 is 0. The fraction of sp³-hybridized carbons (Fsp3) is 0.400. The Morgan fingerprint density at radius 1 is 1.50 bits per heavy atom. The van der Waals surface area contributed by atoms with Crippen molar-refractivity contribution in [2.75, 3.05) is 13.2 Å². The van der Waals surface area contributed by atoms with Crippen LogP contribution in [0, 0.1) is 0 Å². The summed E-state index contributed by atoms with van der Waals surface area (Å²) in [7, 11) is 0. The summed E-state index contributed by atoms with van der Waals surface area (Å²) in [5.41, 5.74) is 0.925. The van der Waals surface area contributed by atoms with E-state index in [4.69, 9.17) is 14.6 Å². The van der Waals surface area contributed by atoms with Gasteiger partial charge < -0.3 is 19.7 Å². The minimum atomic E-state index is -1.10. The average Bonchev–Trinajstić information content (AvgIpc) is 2.72. The van der Waals surface area contributed by atoms with Gasteiger partial charge in [-0.3, -0.25) is 0 Å². The van der Waals surface area contributed by atoms with Gasteiger partial charge >= 0.3 is 5.97 Å². The number of aliphatic hydroxyl groups excluding tert-OH is 1. The Kier molecular flexibility index (Phi) is 4.42. The van der Waals surface area contributed by atoms with E-state index in [0.717, 1.165) is 5.56 Å². The molecule has 1 aromatic carbocycles. The van der Waals surface area contributed by atoms with Crippen molar-refractivity contribution in [2.45, 2.75) is 24.5 Å². The molecule has 1 aliphatic rings. The van der Waals surface area contributed by atoms with Gasteiger partial charge in [0.05, 0.1) is 5.92 Å². The van der Waals surface area contributed by atoms with Gasteiger partial charge in [0.15, 0.2) is 0 Å². The number of aliphatic carboxylic acids is 1. The molecule has 0 fully saturated rings. The van der Waals surface area contributed by atoms with Crippen molar-refractivity contribution in [3.05, 3.63) is 42.5 Å². The third kappa shape index (κ3) is 2.69. The molecule has 0 aliphatic carbocycles. The summed E-state index contributed by atoms with van der Waals surface area (Å²) in [5.74, 6) is -1.72. The number of ether oxygens (including phenoxy) is 2. The molecule has 2 atom stereocenters. The van der Waals surface area contributed by atoms with Gasteiger partial charge in [-0.15, -0.1) is 6.58 Å². The zero-order chi connectivity index (χ0) is 14.6. The molecule has 20 heavy (non-hydrogen) atoms. The zero-order valence-corrected chi connectivity index (χ0v) is 11.1. The van der Waals surface area contributed by atoms with Gasteiger partial charge in [-0.05, 0) is 12.5 Å². The van der Waals surface area contributed by atoms with Crippen molar-refractivity contribution in [2.24, 2.45) is 0 Å². The van der Waals surface area contributed by atoms with Crippen LogP contribution < -0.4 is 4.74 Å². The maximum absolute atomic E-state index is 10.8. The van der Waals surface area contributed by atoms with Gasteiger partial charge in [-0.2, -0.15) is 0 Å². The number of carboxylic acid groups (broad SMARTS) is 1. The summed E-state index contributed by atoms with van der Waals surface area (Å²) in [4.78, 5) is 10.8. The number of rotatable bonds is 7. The predicted octanol–water partition coefficient (Wildman–Crippen LogP) is 1.92. The summed E-state index contributed by atoms with van der Waals surface area (Å²) in [6, 6.07) is 7.45. The quantitative estimate of drug-likeness (QED) is 0.745. The molecule has 2 N–H and O–H groups in total. The van der Waals surface area contributed by atoms with Crippen LogP contribution in [-0.2, 0) is 9.53 Å². The molecule has 0 amide bonds. The van der Waals surface area contributed by atoms with Crippen LogP contribution in [0.4, 0.5) is 0 Å². The molecule has 0 radical (unpaired) electrons. The summed E-state index contributed by atoms with van der Waals surface area (Å²) in [5, 5.41) is 18.1. The molecule has 5 heteroatoms. The van der Waals surface area contributed by atoms with Crippen molar-refractivity contribution in [1.29, 1.82) is 0 Å². The van der Waals surface area contributed by atoms with E-state index in [9.17, 15) is 9.90 Å². The lowest BCUT2D eigenvalue weighted by Crippen LogP contribution is -2.42. The van der Waals surface area contributed by atoms with Gasteiger partial charge in [0, 0.05) is 18.6 Å². The standard InChI is InChI=1S/C15H18O5/c1-2-8-15(19-10-14(17)18)12(7-9-16)11-5-3-4-6-13(11)20-15/h2-6,12,16H,1,7-10H2,(H,17,18). The first-order chi connectivity index (χ1) is 9.63. The number of aliphatic hydroxyl groups is 1. The predicted molar refractivity (Wildman–Crippen MR) is 72.6 cm³/mol. The van der Waals surface area contributed by atoms with E-state index in [1.807, 2.05) is 24.3 Å². The Balaban J connectivity index is 2.34. The van der Waals surface area contributed by atoms with Crippen LogP contribution in [0.5, 0.6) is 5.75 Å². The molecule has 1 heterocycles. The third-order valence-corrected chi connectivity index (χ3v) is 3.39. The van der Waals surface area contributed by atoms with Crippen LogP contribution in [0.1, 0.15) is 24.3 Å². The van der Waals surface area contributed by atoms with Crippen LogP contribution in [0.2, 0.25) is 0 Å². The smallest absolute Gasteiger partial charge is 0.329 e. The van der Waals surface area contributed by atoms with E-state index in [1.165, 1.54) is 0 Å². The van der Waals surface area contributed by atoms with Gasteiger partial charge in [0.2, 0.25) is 5.79 Å². The highest BCUT2D eigenvalue weighted by atomic mass is 16.7. The van der Waals surface area contributed by atoms with E-state index < -0.39 is 18.4 Å². The molecular formula is C15H18O5. The van der Waals surface area contributed by atoms with Crippen molar-refractivity contribution in [3.63, 3.8) is 0 Å². The molecular weight excluding hydrogens is 260 g/mol. The first kappa shape index (κ1) is 14.6. The number of carbonyl (C=O) groups is 1. The van der Waals surface area contributed by atoms with Crippen molar-refractivity contribution in [1.82, 2.24) is 0 Å². The summed E-state index contributed by atoms with van der Waals surface area (Å²) in [6.45, 7) is 3.20. The van der Waals surface area contributed by atoms with Gasteiger partial charge in [-0.25, -0.2) is 4.79 Å². The zero-order valence-electron chi connectivity index (χ0n) is 11.1. The van der Waals surface area contributed by atoms with Crippen molar-refractivity contribution >= 4 is 5.97 Å². The second-order valence-corrected chi connectivity index (χ2v) is 4.69. The molecule has 0 aromatic heterocycles. The van der Waals surface area contributed by atoms with Crippen LogP contribution in [0.3, 0.4) is 0 Å². The molecule has 0 saturated heterocycles. The molecule has 1 aliphatic heterocycles. The largest absolute Gasteiger partial charge is 0.480 e. The summed E-state index contributed by atoms with van der Waals surface area (Å²) in [6.07, 6.45) is 2.42. The van der Waals surface area contributed by atoms with E-state index in [2.05, 4.69) is 6.58 Å². The highest BCUT2D eigenvalue weighted by Crippen LogP contribution is 2.48. The van der Waals surface area contributed by atoms with Gasteiger partial charge in [0.1, 0.15) is 12.4 Å². The molecule has 1 aromatic rings. The number of para-hydroxylation sites is 1. The lowest BCUT2D eigenvalue weighted by Gasteiger charge is -2.33. The topological polar surface area (TPSA) is 76.0 Å². The minimum Gasteiger partial charge on any atom is -0.480 e. The second kappa shape index (κ2) is 6.07. The van der Waals surface area contributed by atoms with Crippen LogP contribution in [0.15, 0.2) is 36.9 Å². The monoisotopic (exact) mass is 278 g/mol. The molecule has 108 valence electrons. The Morgan fingerprint density at radius 2 is 2.25 bits per heavy atom. The first-order valence-corrected chi connectivity index (χ1v) is 6.48. The van der Waals surface area contributed by atoms with Crippen molar-refractivity contribution in [3.8, 4) is 5.75 Å². The molecule has 2 unspecified atom stereocenters.